The molecule has 1 unspecified atom stereocenters. The standard InChI is InChI=1S/C16H16ClFO2/c1-2-20-16-6-4-3-5-13(16)15(19)10-11-9-12(17)7-8-14(11)18/h3-9,15,19H,2,10H2,1H3. The van der Waals surface area contributed by atoms with Crippen molar-refractivity contribution in [2.24, 2.45) is 0 Å². The minimum Gasteiger partial charge on any atom is -0.493 e. The van der Waals surface area contributed by atoms with E-state index in [1.54, 1.807) is 12.1 Å². The molecule has 106 valence electrons. The van der Waals surface area contributed by atoms with E-state index in [0.29, 0.717) is 28.5 Å². The first kappa shape index (κ1) is 14.8. The van der Waals surface area contributed by atoms with Crippen LogP contribution in [0.15, 0.2) is 42.5 Å². The fourth-order valence-electron chi connectivity index (χ4n) is 2.06. The summed E-state index contributed by atoms with van der Waals surface area (Å²) in [6.07, 6.45) is -0.693. The molecule has 0 aliphatic rings. The summed E-state index contributed by atoms with van der Waals surface area (Å²) >= 11 is 5.85. The van der Waals surface area contributed by atoms with Gasteiger partial charge in [0.05, 0.1) is 12.7 Å². The number of hydrogen-bond acceptors (Lipinski definition) is 2. The zero-order valence-corrected chi connectivity index (χ0v) is 11.9. The van der Waals surface area contributed by atoms with Crippen LogP contribution in [0.3, 0.4) is 0 Å². The highest BCUT2D eigenvalue weighted by Gasteiger charge is 2.16. The summed E-state index contributed by atoms with van der Waals surface area (Å²) in [5.41, 5.74) is 1.03. The fraction of sp³-hybridized carbons (Fsp3) is 0.250. The summed E-state index contributed by atoms with van der Waals surface area (Å²) in [5, 5.41) is 10.8. The van der Waals surface area contributed by atoms with E-state index >= 15 is 0 Å². The normalized spacial score (nSPS) is 12.2. The first-order chi connectivity index (χ1) is 9.61. The van der Waals surface area contributed by atoms with Crippen LogP contribution in [0.4, 0.5) is 4.39 Å². The van der Waals surface area contributed by atoms with Crippen molar-refractivity contribution in [1.29, 1.82) is 0 Å². The van der Waals surface area contributed by atoms with Gasteiger partial charge in [-0.15, -0.1) is 0 Å². The minimum atomic E-state index is -0.842. The smallest absolute Gasteiger partial charge is 0.126 e. The molecule has 0 spiro atoms. The summed E-state index contributed by atoms with van der Waals surface area (Å²) < 4.78 is 19.2. The predicted octanol–water partition coefficient (Wildman–Crippen LogP) is 4.15. The summed E-state index contributed by atoms with van der Waals surface area (Å²) in [6, 6.07) is 11.5. The van der Waals surface area contributed by atoms with E-state index in [-0.39, 0.29) is 12.2 Å². The number of halogens is 2. The molecule has 2 nitrogen and oxygen atoms in total. The molecule has 0 aliphatic carbocycles. The molecule has 0 radical (unpaired) electrons. The maximum Gasteiger partial charge on any atom is 0.126 e. The number of ether oxygens (including phenoxy) is 1. The van der Waals surface area contributed by atoms with Crippen molar-refractivity contribution in [3.63, 3.8) is 0 Å². The zero-order chi connectivity index (χ0) is 14.5. The molecule has 0 bridgehead atoms. The molecule has 1 atom stereocenters. The summed E-state index contributed by atoms with van der Waals surface area (Å²) in [6.45, 7) is 2.38. The van der Waals surface area contributed by atoms with E-state index < -0.39 is 6.10 Å². The summed E-state index contributed by atoms with van der Waals surface area (Å²) in [7, 11) is 0. The Hall–Kier alpha value is -1.58. The molecule has 2 aromatic rings. The zero-order valence-electron chi connectivity index (χ0n) is 11.1. The molecule has 2 rings (SSSR count). The average Bonchev–Trinajstić information content (AvgIpc) is 2.44. The Kier molecular flexibility index (Phi) is 4.99. The van der Waals surface area contributed by atoms with E-state index in [9.17, 15) is 9.50 Å². The highest BCUT2D eigenvalue weighted by Crippen LogP contribution is 2.29. The predicted molar refractivity (Wildman–Crippen MR) is 77.7 cm³/mol. The molecule has 0 saturated carbocycles. The Morgan fingerprint density at radius 3 is 2.75 bits per heavy atom. The molecule has 2 aromatic carbocycles. The van der Waals surface area contributed by atoms with Gasteiger partial charge in [-0.1, -0.05) is 29.8 Å². The van der Waals surface area contributed by atoms with Crippen LogP contribution in [-0.4, -0.2) is 11.7 Å². The van der Waals surface area contributed by atoms with Gasteiger partial charge in [0.2, 0.25) is 0 Å². The molecular weight excluding hydrogens is 279 g/mol. The van der Waals surface area contributed by atoms with Crippen molar-refractivity contribution >= 4 is 11.6 Å². The first-order valence-corrected chi connectivity index (χ1v) is 6.83. The number of rotatable bonds is 5. The Morgan fingerprint density at radius 1 is 1.25 bits per heavy atom. The molecule has 0 heterocycles. The van der Waals surface area contributed by atoms with Crippen molar-refractivity contribution in [2.75, 3.05) is 6.61 Å². The van der Waals surface area contributed by atoms with Crippen molar-refractivity contribution in [2.45, 2.75) is 19.4 Å². The third-order valence-corrected chi connectivity index (χ3v) is 3.23. The summed E-state index contributed by atoms with van der Waals surface area (Å²) in [5.74, 6) is 0.243. The van der Waals surface area contributed by atoms with Crippen LogP contribution in [0.5, 0.6) is 5.75 Å². The lowest BCUT2D eigenvalue weighted by Crippen LogP contribution is -2.06. The lowest BCUT2D eigenvalue weighted by molar-refractivity contribution is 0.171. The first-order valence-electron chi connectivity index (χ1n) is 6.45. The molecule has 20 heavy (non-hydrogen) atoms. The van der Waals surface area contributed by atoms with Crippen LogP contribution in [-0.2, 0) is 6.42 Å². The second kappa shape index (κ2) is 6.73. The Labute approximate surface area is 122 Å². The monoisotopic (exact) mass is 294 g/mol. The van der Waals surface area contributed by atoms with Gasteiger partial charge in [0.15, 0.2) is 0 Å². The average molecular weight is 295 g/mol. The van der Waals surface area contributed by atoms with Gasteiger partial charge in [-0.3, -0.25) is 0 Å². The highest BCUT2D eigenvalue weighted by molar-refractivity contribution is 6.30. The van der Waals surface area contributed by atoms with Gasteiger partial charge in [-0.05, 0) is 36.8 Å². The second-order valence-corrected chi connectivity index (χ2v) is 4.86. The van der Waals surface area contributed by atoms with Crippen molar-refractivity contribution in [1.82, 2.24) is 0 Å². The number of hydrogen-bond donors (Lipinski definition) is 1. The van der Waals surface area contributed by atoms with Crippen molar-refractivity contribution < 1.29 is 14.2 Å². The minimum absolute atomic E-state index is 0.149. The van der Waals surface area contributed by atoms with E-state index in [0.717, 1.165) is 0 Å². The van der Waals surface area contributed by atoms with E-state index in [4.69, 9.17) is 16.3 Å². The molecule has 0 saturated heterocycles. The second-order valence-electron chi connectivity index (χ2n) is 4.43. The SMILES string of the molecule is CCOc1ccccc1C(O)Cc1cc(Cl)ccc1F. The lowest BCUT2D eigenvalue weighted by Gasteiger charge is -2.16. The fourth-order valence-corrected chi connectivity index (χ4v) is 2.26. The van der Waals surface area contributed by atoms with Crippen LogP contribution in [0.2, 0.25) is 5.02 Å². The molecule has 0 aromatic heterocycles. The number of aliphatic hydroxyl groups excluding tert-OH is 1. The van der Waals surface area contributed by atoms with Gasteiger partial charge < -0.3 is 9.84 Å². The van der Waals surface area contributed by atoms with Gasteiger partial charge in [-0.25, -0.2) is 4.39 Å². The summed E-state index contributed by atoms with van der Waals surface area (Å²) in [4.78, 5) is 0. The van der Waals surface area contributed by atoms with E-state index in [1.165, 1.54) is 18.2 Å². The van der Waals surface area contributed by atoms with Crippen LogP contribution in [0.1, 0.15) is 24.2 Å². The largest absolute Gasteiger partial charge is 0.493 e. The Balaban J connectivity index is 2.23. The van der Waals surface area contributed by atoms with Crippen LogP contribution in [0.25, 0.3) is 0 Å². The molecule has 0 aliphatic heterocycles. The molecule has 0 fully saturated rings. The van der Waals surface area contributed by atoms with E-state index in [1.807, 2.05) is 19.1 Å². The number of aliphatic hydroxyl groups is 1. The van der Waals surface area contributed by atoms with Crippen LogP contribution < -0.4 is 4.74 Å². The Bertz CT molecular complexity index is 586. The Morgan fingerprint density at radius 2 is 2.00 bits per heavy atom. The van der Waals surface area contributed by atoms with Crippen LogP contribution >= 0.6 is 11.6 Å². The van der Waals surface area contributed by atoms with E-state index in [2.05, 4.69) is 0 Å². The molecule has 4 heteroatoms. The topological polar surface area (TPSA) is 29.5 Å². The third kappa shape index (κ3) is 3.50. The molecular formula is C16H16ClFO2. The van der Waals surface area contributed by atoms with Gasteiger partial charge in [0, 0.05) is 17.0 Å². The maximum absolute atomic E-state index is 13.7. The van der Waals surface area contributed by atoms with Gasteiger partial charge >= 0.3 is 0 Å². The van der Waals surface area contributed by atoms with Gasteiger partial charge in [-0.2, -0.15) is 0 Å². The van der Waals surface area contributed by atoms with Gasteiger partial charge in [0.1, 0.15) is 11.6 Å². The number of benzene rings is 2. The highest BCUT2D eigenvalue weighted by atomic mass is 35.5. The van der Waals surface area contributed by atoms with Crippen molar-refractivity contribution in [3.05, 3.63) is 64.4 Å². The van der Waals surface area contributed by atoms with Crippen molar-refractivity contribution in [3.8, 4) is 5.75 Å². The van der Waals surface area contributed by atoms with Crippen LogP contribution in [0, 0.1) is 5.82 Å². The number of para-hydroxylation sites is 1. The molecule has 1 N–H and O–H groups in total. The van der Waals surface area contributed by atoms with Gasteiger partial charge in [0.25, 0.3) is 0 Å². The lowest BCUT2D eigenvalue weighted by atomic mass is 10.0. The quantitative estimate of drug-likeness (QED) is 0.897. The molecule has 0 amide bonds. The third-order valence-electron chi connectivity index (χ3n) is 3.00. The maximum atomic E-state index is 13.7.